The summed E-state index contributed by atoms with van der Waals surface area (Å²) in [6.45, 7) is 0.699. The minimum atomic E-state index is 0.385. The van der Waals surface area contributed by atoms with E-state index in [9.17, 15) is 0 Å². The van der Waals surface area contributed by atoms with E-state index in [2.05, 4.69) is 25.8 Å². The second-order valence-electron chi connectivity index (χ2n) is 5.26. The summed E-state index contributed by atoms with van der Waals surface area (Å²) in [6.07, 6.45) is 2.39. The summed E-state index contributed by atoms with van der Waals surface area (Å²) in [5.41, 5.74) is 1.87. The number of nitrogens with one attached hydrogen (secondary N) is 2. The highest BCUT2D eigenvalue weighted by molar-refractivity contribution is 6.33. The van der Waals surface area contributed by atoms with Crippen LogP contribution in [0.2, 0.25) is 5.02 Å². The molecule has 0 aliphatic carbocycles. The Labute approximate surface area is 151 Å². The minimum Gasteiger partial charge on any atom is -0.496 e. The van der Waals surface area contributed by atoms with Gasteiger partial charge in [0.05, 0.1) is 24.0 Å². The van der Waals surface area contributed by atoms with E-state index in [1.165, 1.54) is 0 Å². The van der Waals surface area contributed by atoms with Gasteiger partial charge in [-0.1, -0.05) is 41.9 Å². The number of para-hydroxylation sites is 2. The van der Waals surface area contributed by atoms with Crippen molar-refractivity contribution in [3.63, 3.8) is 0 Å². The van der Waals surface area contributed by atoms with Gasteiger partial charge in [0.15, 0.2) is 5.82 Å². The van der Waals surface area contributed by atoms with Crippen LogP contribution in [0.15, 0.2) is 54.7 Å². The fourth-order valence-electron chi connectivity index (χ4n) is 2.36. The number of halogens is 1. The molecule has 2 aromatic carbocycles. The van der Waals surface area contributed by atoms with Crippen molar-refractivity contribution in [2.75, 3.05) is 24.3 Å². The van der Waals surface area contributed by atoms with Crippen LogP contribution >= 0.6 is 11.6 Å². The van der Waals surface area contributed by atoms with Crippen LogP contribution in [-0.2, 0) is 6.42 Å². The van der Waals surface area contributed by atoms with Crippen LogP contribution in [-0.4, -0.2) is 28.8 Å². The van der Waals surface area contributed by atoms with Crippen LogP contribution < -0.4 is 15.4 Å². The Kier molecular flexibility index (Phi) is 5.64. The van der Waals surface area contributed by atoms with Crippen molar-refractivity contribution in [3.05, 3.63) is 65.3 Å². The summed E-state index contributed by atoms with van der Waals surface area (Å²) in [5, 5.41) is 14.8. The second kappa shape index (κ2) is 8.30. The van der Waals surface area contributed by atoms with E-state index >= 15 is 0 Å². The first-order valence-electron chi connectivity index (χ1n) is 7.83. The minimum absolute atomic E-state index is 0.385. The quantitative estimate of drug-likeness (QED) is 0.669. The lowest BCUT2D eigenvalue weighted by atomic mass is 10.1. The predicted octanol–water partition coefficient (Wildman–Crippen LogP) is 3.93. The molecule has 6 nitrogen and oxygen atoms in total. The Bertz CT molecular complexity index is 843. The van der Waals surface area contributed by atoms with Crippen molar-refractivity contribution in [1.82, 2.24) is 15.2 Å². The summed E-state index contributed by atoms with van der Waals surface area (Å²) in [7, 11) is 1.67. The number of anilines is 3. The van der Waals surface area contributed by atoms with Crippen LogP contribution in [0.4, 0.5) is 17.5 Å². The number of nitrogens with zero attached hydrogens (tertiary/aromatic N) is 3. The van der Waals surface area contributed by atoms with Crippen molar-refractivity contribution in [2.24, 2.45) is 0 Å². The highest BCUT2D eigenvalue weighted by Gasteiger charge is 2.05. The van der Waals surface area contributed by atoms with Gasteiger partial charge in [-0.15, -0.1) is 5.10 Å². The molecule has 0 aliphatic heterocycles. The number of hydrogen-bond donors (Lipinski definition) is 2. The molecule has 0 bridgehead atoms. The molecule has 3 aromatic rings. The molecule has 0 fully saturated rings. The van der Waals surface area contributed by atoms with Crippen LogP contribution in [0, 0.1) is 0 Å². The number of hydrogen-bond acceptors (Lipinski definition) is 6. The second-order valence-corrected chi connectivity index (χ2v) is 5.67. The van der Waals surface area contributed by atoms with E-state index in [0.717, 1.165) is 23.4 Å². The average molecular weight is 356 g/mol. The van der Waals surface area contributed by atoms with Gasteiger partial charge in [-0.3, -0.25) is 0 Å². The molecule has 0 amide bonds. The van der Waals surface area contributed by atoms with Gasteiger partial charge in [-0.2, -0.15) is 10.1 Å². The van der Waals surface area contributed by atoms with Crippen molar-refractivity contribution in [3.8, 4) is 5.75 Å². The van der Waals surface area contributed by atoms with Gasteiger partial charge in [0, 0.05) is 6.54 Å². The van der Waals surface area contributed by atoms with E-state index in [-0.39, 0.29) is 0 Å². The molecule has 3 rings (SSSR count). The molecule has 0 radical (unpaired) electrons. The van der Waals surface area contributed by atoms with E-state index in [4.69, 9.17) is 16.3 Å². The third-order valence-electron chi connectivity index (χ3n) is 3.57. The first kappa shape index (κ1) is 17.0. The fourth-order valence-corrected chi connectivity index (χ4v) is 2.54. The molecule has 0 unspecified atom stereocenters. The Balaban J connectivity index is 1.61. The first-order valence-corrected chi connectivity index (χ1v) is 8.21. The molecule has 25 heavy (non-hydrogen) atoms. The molecule has 2 N–H and O–H groups in total. The molecule has 0 saturated carbocycles. The number of aromatic nitrogens is 3. The van der Waals surface area contributed by atoms with Crippen molar-refractivity contribution >= 4 is 29.1 Å². The standard InChI is InChI=1S/C18H18ClN5O/c1-25-16-9-5-2-6-13(16)10-11-20-17-12-21-24-18(23-17)22-15-8-4-3-7-14(15)19/h2-9,12H,10-11H2,1H3,(H2,20,22,23,24). The summed E-state index contributed by atoms with van der Waals surface area (Å²) in [4.78, 5) is 4.40. The van der Waals surface area contributed by atoms with E-state index in [0.29, 0.717) is 23.3 Å². The molecule has 1 heterocycles. The molecular weight excluding hydrogens is 338 g/mol. The zero-order valence-electron chi connectivity index (χ0n) is 13.7. The highest BCUT2D eigenvalue weighted by Crippen LogP contribution is 2.23. The largest absolute Gasteiger partial charge is 0.496 e. The van der Waals surface area contributed by atoms with Crippen LogP contribution in [0.5, 0.6) is 5.75 Å². The first-order chi connectivity index (χ1) is 12.3. The SMILES string of the molecule is COc1ccccc1CCNc1cnnc(Nc2ccccc2Cl)n1. The maximum Gasteiger partial charge on any atom is 0.249 e. The predicted molar refractivity (Wildman–Crippen MR) is 99.7 cm³/mol. The van der Waals surface area contributed by atoms with Gasteiger partial charge < -0.3 is 15.4 Å². The zero-order chi connectivity index (χ0) is 17.5. The smallest absolute Gasteiger partial charge is 0.249 e. The molecular formula is C18H18ClN5O. The van der Waals surface area contributed by atoms with Crippen molar-refractivity contribution < 1.29 is 4.74 Å². The Morgan fingerprint density at radius 2 is 1.88 bits per heavy atom. The van der Waals surface area contributed by atoms with Crippen molar-refractivity contribution in [1.29, 1.82) is 0 Å². The Morgan fingerprint density at radius 1 is 1.08 bits per heavy atom. The molecule has 0 saturated heterocycles. The molecule has 0 aliphatic rings. The number of ether oxygens (including phenoxy) is 1. The lowest BCUT2D eigenvalue weighted by Crippen LogP contribution is -2.09. The normalized spacial score (nSPS) is 10.3. The molecule has 0 atom stereocenters. The monoisotopic (exact) mass is 355 g/mol. The number of benzene rings is 2. The van der Waals surface area contributed by atoms with E-state index < -0.39 is 0 Å². The summed E-state index contributed by atoms with van der Waals surface area (Å²) in [6, 6.07) is 15.3. The maximum absolute atomic E-state index is 6.13. The van der Waals surface area contributed by atoms with Crippen LogP contribution in [0.1, 0.15) is 5.56 Å². The average Bonchev–Trinajstić information content (AvgIpc) is 2.64. The highest BCUT2D eigenvalue weighted by atomic mass is 35.5. The summed E-state index contributed by atoms with van der Waals surface area (Å²) >= 11 is 6.13. The van der Waals surface area contributed by atoms with E-state index in [1.54, 1.807) is 19.4 Å². The molecule has 128 valence electrons. The van der Waals surface area contributed by atoms with E-state index in [1.807, 2.05) is 42.5 Å². The van der Waals surface area contributed by atoms with Crippen LogP contribution in [0.25, 0.3) is 0 Å². The third kappa shape index (κ3) is 4.58. The van der Waals surface area contributed by atoms with Gasteiger partial charge in [0.1, 0.15) is 5.75 Å². The van der Waals surface area contributed by atoms with Gasteiger partial charge in [-0.05, 0) is 30.2 Å². The third-order valence-corrected chi connectivity index (χ3v) is 3.90. The fraction of sp³-hybridized carbons (Fsp3) is 0.167. The zero-order valence-corrected chi connectivity index (χ0v) is 14.5. The number of methoxy groups -OCH3 is 1. The topological polar surface area (TPSA) is 72.0 Å². The Morgan fingerprint density at radius 3 is 2.72 bits per heavy atom. The number of rotatable bonds is 7. The van der Waals surface area contributed by atoms with Gasteiger partial charge in [0.25, 0.3) is 0 Å². The summed E-state index contributed by atoms with van der Waals surface area (Å²) in [5.74, 6) is 1.90. The molecule has 0 spiro atoms. The van der Waals surface area contributed by atoms with Gasteiger partial charge in [0.2, 0.25) is 5.95 Å². The van der Waals surface area contributed by atoms with Gasteiger partial charge >= 0.3 is 0 Å². The summed E-state index contributed by atoms with van der Waals surface area (Å²) < 4.78 is 5.36. The van der Waals surface area contributed by atoms with Crippen LogP contribution in [0.3, 0.4) is 0 Å². The lowest BCUT2D eigenvalue weighted by Gasteiger charge is -2.10. The van der Waals surface area contributed by atoms with Gasteiger partial charge in [-0.25, -0.2) is 0 Å². The molecule has 7 heteroatoms. The van der Waals surface area contributed by atoms with Crippen molar-refractivity contribution in [2.45, 2.75) is 6.42 Å². The Hall–Kier alpha value is -2.86. The maximum atomic E-state index is 6.13. The molecule has 1 aromatic heterocycles. The lowest BCUT2D eigenvalue weighted by molar-refractivity contribution is 0.410.